The summed E-state index contributed by atoms with van der Waals surface area (Å²) in [6.07, 6.45) is 1.97. The van der Waals surface area contributed by atoms with Gasteiger partial charge >= 0.3 is 11.9 Å². The van der Waals surface area contributed by atoms with Crippen LogP contribution in [0.25, 0.3) is 0 Å². The average molecular weight is 378 g/mol. The second-order valence-electron chi connectivity index (χ2n) is 5.37. The third-order valence-corrected chi connectivity index (χ3v) is 6.52. The maximum Gasteiger partial charge on any atom is 0.350 e. The number of rotatable bonds is 5. The lowest BCUT2D eigenvalue weighted by Gasteiger charge is -2.36. The molecular weight excluding hydrogens is 360 g/mol. The van der Waals surface area contributed by atoms with Crippen LogP contribution < -0.4 is 4.74 Å². The number of hydrogen-bond acceptors (Lipinski definition) is 7. The third kappa shape index (κ3) is 3.57. The first-order valence-electron chi connectivity index (χ1n) is 7.90. The minimum atomic E-state index is -1.40. The van der Waals surface area contributed by atoms with Gasteiger partial charge in [0.05, 0.1) is 4.24 Å². The third-order valence-electron chi connectivity index (χ3n) is 3.80. The smallest absolute Gasteiger partial charge is 0.350 e. The predicted molar refractivity (Wildman–Crippen MR) is 98.2 cm³/mol. The molecule has 2 fully saturated rings. The maximum atomic E-state index is 12.5. The minimum absolute atomic E-state index is 0.0162. The number of benzene rings is 1. The molecule has 132 valence electrons. The van der Waals surface area contributed by atoms with Crippen molar-refractivity contribution < 1.29 is 23.8 Å². The number of hydrogen-bond donors (Lipinski definition) is 0. The normalized spacial score (nSPS) is 23.2. The zero-order valence-corrected chi connectivity index (χ0v) is 15.4. The maximum absolute atomic E-state index is 12.5. The molecule has 2 saturated heterocycles. The summed E-state index contributed by atoms with van der Waals surface area (Å²) in [7, 11) is 0. The van der Waals surface area contributed by atoms with E-state index in [4.69, 9.17) is 14.2 Å². The summed E-state index contributed by atoms with van der Waals surface area (Å²) < 4.78 is 17.3. The van der Waals surface area contributed by atoms with Gasteiger partial charge in [-0.05, 0) is 24.3 Å². The zero-order valence-electron chi connectivity index (χ0n) is 13.8. The van der Waals surface area contributed by atoms with Crippen molar-refractivity contribution in [2.24, 2.45) is 0 Å². The summed E-state index contributed by atoms with van der Waals surface area (Å²) in [4.78, 5) is 25.0. The molecule has 0 bridgehead atoms. The lowest BCUT2D eigenvalue weighted by Crippen LogP contribution is -2.44. The lowest BCUT2D eigenvalue weighted by atomic mass is 10.0. The van der Waals surface area contributed by atoms with Crippen LogP contribution in [0.3, 0.4) is 0 Å². The van der Waals surface area contributed by atoms with E-state index in [9.17, 15) is 9.59 Å². The van der Waals surface area contributed by atoms with Gasteiger partial charge in [-0.15, -0.1) is 23.5 Å². The van der Waals surface area contributed by atoms with Gasteiger partial charge in [-0.3, -0.25) is 0 Å². The number of cyclic esters (lactones) is 2. The molecule has 2 heterocycles. The van der Waals surface area contributed by atoms with Gasteiger partial charge in [0.2, 0.25) is 0 Å². The Morgan fingerprint density at radius 2 is 1.76 bits per heavy atom. The quantitative estimate of drug-likeness (QED) is 0.336. The largest absolute Gasteiger partial charge is 0.490 e. The van der Waals surface area contributed by atoms with E-state index in [1.165, 1.54) is 23.5 Å². The molecule has 0 spiro atoms. The van der Waals surface area contributed by atoms with E-state index in [1.807, 2.05) is 0 Å². The Balaban J connectivity index is 1.87. The Hall–Kier alpha value is -1.86. The van der Waals surface area contributed by atoms with Crippen LogP contribution in [-0.4, -0.2) is 30.1 Å². The Kier molecular flexibility index (Phi) is 5.44. The molecule has 0 aromatic heterocycles. The molecule has 0 aliphatic carbocycles. The standard InChI is InChI=1S/C18H18O5S2/c1-3-9-21-13-7-5-12(6-8-13)18(4-2)22-15(19)14(16(20)23-18)17-24-10-11-25-17/h3,5-8H,1,4,9-11H2,2H3. The second-order valence-corrected chi connectivity index (χ2v) is 7.84. The zero-order chi connectivity index (χ0) is 17.9. The molecule has 0 atom stereocenters. The molecule has 1 aromatic rings. The summed E-state index contributed by atoms with van der Waals surface area (Å²) in [6.45, 7) is 5.80. The van der Waals surface area contributed by atoms with Crippen LogP contribution in [-0.2, 0) is 24.8 Å². The molecule has 0 unspecified atom stereocenters. The summed E-state index contributed by atoms with van der Waals surface area (Å²) >= 11 is 2.97. The predicted octanol–water partition coefficient (Wildman–Crippen LogP) is 3.61. The van der Waals surface area contributed by atoms with E-state index in [1.54, 1.807) is 37.3 Å². The summed E-state index contributed by atoms with van der Waals surface area (Å²) in [5, 5.41) is 0. The van der Waals surface area contributed by atoms with Crippen molar-refractivity contribution in [1.29, 1.82) is 0 Å². The van der Waals surface area contributed by atoms with E-state index < -0.39 is 17.7 Å². The first-order chi connectivity index (χ1) is 12.1. The van der Waals surface area contributed by atoms with Crippen molar-refractivity contribution in [3.05, 3.63) is 52.3 Å². The molecule has 7 heteroatoms. The van der Waals surface area contributed by atoms with Crippen molar-refractivity contribution >= 4 is 35.5 Å². The van der Waals surface area contributed by atoms with Crippen molar-refractivity contribution in [1.82, 2.24) is 0 Å². The van der Waals surface area contributed by atoms with Crippen molar-refractivity contribution in [2.75, 3.05) is 18.1 Å². The monoisotopic (exact) mass is 378 g/mol. The molecule has 5 nitrogen and oxygen atoms in total. The van der Waals surface area contributed by atoms with E-state index >= 15 is 0 Å². The molecular formula is C18H18O5S2. The fraction of sp³-hybridized carbons (Fsp3) is 0.333. The van der Waals surface area contributed by atoms with Gasteiger partial charge in [0.1, 0.15) is 12.4 Å². The highest BCUT2D eigenvalue weighted by atomic mass is 32.2. The van der Waals surface area contributed by atoms with Crippen molar-refractivity contribution in [3.63, 3.8) is 0 Å². The number of carbonyl (C=O) groups excluding carboxylic acids is 2. The summed E-state index contributed by atoms with van der Waals surface area (Å²) in [5.74, 6) is -0.248. The molecule has 2 aliphatic heterocycles. The Morgan fingerprint density at radius 1 is 1.16 bits per heavy atom. The number of thioether (sulfide) groups is 2. The molecule has 25 heavy (non-hydrogen) atoms. The first kappa shape index (κ1) is 17.9. The van der Waals surface area contributed by atoms with Crippen LogP contribution in [0, 0.1) is 0 Å². The molecule has 1 aromatic carbocycles. The molecule has 0 N–H and O–H groups in total. The van der Waals surface area contributed by atoms with Crippen LogP contribution in [0.5, 0.6) is 5.75 Å². The van der Waals surface area contributed by atoms with E-state index in [2.05, 4.69) is 6.58 Å². The first-order valence-corrected chi connectivity index (χ1v) is 9.87. The van der Waals surface area contributed by atoms with Crippen LogP contribution >= 0.6 is 23.5 Å². The summed E-state index contributed by atoms with van der Waals surface area (Å²) in [6, 6.07) is 6.96. The second kappa shape index (κ2) is 7.58. The molecule has 0 radical (unpaired) electrons. The fourth-order valence-corrected chi connectivity index (χ4v) is 5.05. The van der Waals surface area contributed by atoms with E-state index in [0.29, 0.717) is 28.6 Å². The van der Waals surface area contributed by atoms with Crippen LogP contribution in [0.15, 0.2) is 46.7 Å². The molecule has 3 rings (SSSR count). The highest BCUT2D eigenvalue weighted by Gasteiger charge is 2.48. The Morgan fingerprint density at radius 3 is 2.28 bits per heavy atom. The van der Waals surface area contributed by atoms with Crippen LogP contribution in [0.2, 0.25) is 0 Å². The van der Waals surface area contributed by atoms with Crippen LogP contribution in [0.1, 0.15) is 18.9 Å². The number of carbonyl (C=O) groups is 2. The van der Waals surface area contributed by atoms with E-state index in [0.717, 1.165) is 11.5 Å². The fourth-order valence-electron chi connectivity index (χ4n) is 2.55. The van der Waals surface area contributed by atoms with Gasteiger partial charge in [0, 0.05) is 23.5 Å². The van der Waals surface area contributed by atoms with E-state index in [-0.39, 0.29) is 5.57 Å². The number of esters is 2. The molecule has 0 saturated carbocycles. The van der Waals surface area contributed by atoms with Crippen molar-refractivity contribution in [2.45, 2.75) is 19.1 Å². The lowest BCUT2D eigenvalue weighted by molar-refractivity contribution is -0.242. The SMILES string of the molecule is C=CCOc1ccc(C2(CC)OC(=O)C(=C3SCCS3)C(=O)O2)cc1. The Bertz CT molecular complexity index is 695. The number of ether oxygens (including phenoxy) is 3. The summed E-state index contributed by atoms with van der Waals surface area (Å²) in [5.41, 5.74) is 0.612. The molecule has 0 amide bonds. The minimum Gasteiger partial charge on any atom is -0.490 e. The topological polar surface area (TPSA) is 61.8 Å². The van der Waals surface area contributed by atoms with Gasteiger partial charge in [0.25, 0.3) is 5.79 Å². The molecule has 2 aliphatic rings. The van der Waals surface area contributed by atoms with Crippen LogP contribution in [0.4, 0.5) is 0 Å². The average Bonchev–Trinajstić information content (AvgIpc) is 3.13. The van der Waals surface area contributed by atoms with Gasteiger partial charge < -0.3 is 14.2 Å². The van der Waals surface area contributed by atoms with Gasteiger partial charge in [-0.1, -0.05) is 19.6 Å². The van der Waals surface area contributed by atoms with Gasteiger partial charge in [-0.2, -0.15) is 0 Å². The van der Waals surface area contributed by atoms with Gasteiger partial charge in [0.15, 0.2) is 5.57 Å². The van der Waals surface area contributed by atoms with Gasteiger partial charge in [-0.25, -0.2) is 9.59 Å². The highest BCUT2D eigenvalue weighted by molar-refractivity contribution is 8.25. The van der Waals surface area contributed by atoms with Crippen molar-refractivity contribution in [3.8, 4) is 5.75 Å². The highest BCUT2D eigenvalue weighted by Crippen LogP contribution is 2.44. The Labute approximate surface area is 154 Å².